The molecule has 2 aromatic carbocycles. The van der Waals surface area contributed by atoms with Crippen LogP contribution in [-0.4, -0.2) is 35.2 Å². The Bertz CT molecular complexity index is 827. The van der Waals surface area contributed by atoms with Crippen molar-refractivity contribution in [3.8, 4) is 0 Å². The molecule has 2 aromatic rings. The maximum Gasteiger partial charge on any atom is 0.416 e. The number of carbonyl (C=O) groups is 2. The molecule has 0 radical (unpaired) electrons. The lowest BCUT2D eigenvalue weighted by atomic mass is 9.95. The number of alkyl halides is 3. The number of rotatable bonds is 8. The number of carbonyl (C=O) groups excluding carboxylic acids is 2. The molecule has 0 fully saturated rings. The van der Waals surface area contributed by atoms with E-state index in [9.17, 15) is 33.0 Å². The summed E-state index contributed by atoms with van der Waals surface area (Å²) in [6.45, 7) is 0.00894. The molecule has 1 amide bonds. The van der Waals surface area contributed by atoms with Gasteiger partial charge in [-0.25, -0.2) is 4.79 Å². The molecule has 29 heavy (non-hydrogen) atoms. The molecule has 9 heteroatoms. The lowest BCUT2D eigenvalue weighted by Crippen LogP contribution is -2.30. The Morgan fingerprint density at radius 1 is 1.14 bits per heavy atom. The highest BCUT2D eigenvalue weighted by Crippen LogP contribution is 2.32. The minimum absolute atomic E-state index is 0.0527. The Hall–Kier alpha value is -2.91. The molecular weight excluding hydrogens is 391 g/mol. The van der Waals surface area contributed by atoms with E-state index in [0.717, 1.165) is 17.7 Å². The van der Waals surface area contributed by atoms with Crippen molar-refractivity contribution in [2.45, 2.75) is 31.4 Å². The average molecular weight is 411 g/mol. The number of aliphatic hydroxyl groups excluding tert-OH is 2. The van der Waals surface area contributed by atoms with Crippen molar-refractivity contribution < 1.29 is 37.7 Å². The summed E-state index contributed by atoms with van der Waals surface area (Å²) in [6, 6.07) is 11.2. The molecule has 0 aliphatic carbocycles. The summed E-state index contributed by atoms with van der Waals surface area (Å²) in [5.41, 5.74) is -0.747. The van der Waals surface area contributed by atoms with Gasteiger partial charge in [-0.05, 0) is 29.7 Å². The third-order valence-electron chi connectivity index (χ3n) is 4.15. The number of halogens is 3. The summed E-state index contributed by atoms with van der Waals surface area (Å²) < 4.78 is 43.2. The van der Waals surface area contributed by atoms with Crippen LogP contribution in [-0.2, 0) is 17.5 Å². The third kappa shape index (κ3) is 6.58. The molecule has 0 bridgehead atoms. The largest absolute Gasteiger partial charge is 0.445 e. The number of ether oxygens (including phenoxy) is 1. The number of benzene rings is 2. The van der Waals surface area contributed by atoms with Gasteiger partial charge in [0.1, 0.15) is 19.0 Å². The minimum atomic E-state index is -4.64. The first-order valence-electron chi connectivity index (χ1n) is 8.69. The van der Waals surface area contributed by atoms with Gasteiger partial charge in [-0.3, -0.25) is 4.79 Å². The lowest BCUT2D eigenvalue weighted by molar-refractivity contribution is -0.137. The second-order valence-electron chi connectivity index (χ2n) is 6.25. The molecule has 0 aromatic heterocycles. The number of aldehydes is 1. The van der Waals surface area contributed by atoms with Crippen LogP contribution in [0.25, 0.3) is 0 Å². The van der Waals surface area contributed by atoms with Crippen molar-refractivity contribution in [2.75, 3.05) is 6.54 Å². The molecule has 0 heterocycles. The summed E-state index contributed by atoms with van der Waals surface area (Å²) in [6.07, 6.45) is -8.30. The van der Waals surface area contributed by atoms with Gasteiger partial charge in [-0.1, -0.05) is 36.4 Å². The van der Waals surface area contributed by atoms with Gasteiger partial charge in [0.05, 0.1) is 11.7 Å². The summed E-state index contributed by atoms with van der Waals surface area (Å²) in [4.78, 5) is 22.7. The van der Waals surface area contributed by atoms with Crippen LogP contribution in [0.15, 0.2) is 48.5 Å². The van der Waals surface area contributed by atoms with Crippen LogP contribution >= 0.6 is 0 Å². The second-order valence-corrected chi connectivity index (χ2v) is 6.25. The number of amides is 1. The first-order chi connectivity index (χ1) is 13.7. The van der Waals surface area contributed by atoms with E-state index in [-0.39, 0.29) is 37.0 Å². The highest BCUT2D eigenvalue weighted by Gasteiger charge is 2.32. The van der Waals surface area contributed by atoms with Crippen LogP contribution in [0.2, 0.25) is 0 Å². The van der Waals surface area contributed by atoms with E-state index in [2.05, 4.69) is 5.32 Å². The van der Waals surface area contributed by atoms with Crippen molar-refractivity contribution >= 4 is 12.4 Å². The fourth-order valence-corrected chi connectivity index (χ4v) is 2.58. The molecule has 0 aliphatic heterocycles. The van der Waals surface area contributed by atoms with Gasteiger partial charge in [0, 0.05) is 12.1 Å². The Labute approximate surface area is 164 Å². The first-order valence-corrected chi connectivity index (χ1v) is 8.69. The number of hydrogen-bond donors (Lipinski definition) is 3. The second kappa shape index (κ2) is 10.0. The number of hydrogen-bond acceptors (Lipinski definition) is 5. The fourth-order valence-electron chi connectivity index (χ4n) is 2.58. The van der Waals surface area contributed by atoms with Gasteiger partial charge in [-0.2, -0.15) is 13.2 Å². The number of aliphatic hydroxyl groups is 2. The molecule has 6 nitrogen and oxygen atoms in total. The predicted octanol–water partition coefficient (Wildman–Crippen LogP) is 3.23. The van der Waals surface area contributed by atoms with Crippen LogP contribution in [0.5, 0.6) is 0 Å². The molecule has 2 rings (SSSR count). The van der Waals surface area contributed by atoms with Crippen molar-refractivity contribution in [1.82, 2.24) is 5.32 Å². The smallest absolute Gasteiger partial charge is 0.416 e. The Morgan fingerprint density at radius 2 is 1.83 bits per heavy atom. The maximum absolute atomic E-state index is 12.7. The van der Waals surface area contributed by atoms with E-state index in [1.807, 2.05) is 6.07 Å². The van der Waals surface area contributed by atoms with Crippen LogP contribution in [0, 0.1) is 0 Å². The van der Waals surface area contributed by atoms with Crippen LogP contribution in [0.3, 0.4) is 0 Å². The SMILES string of the molecule is O=Cc1cc(C(F)(F)F)ccc1C(O)C(O)CCNC(=O)OCc1ccccc1. The molecule has 0 saturated carbocycles. The highest BCUT2D eigenvalue weighted by molar-refractivity contribution is 5.78. The molecule has 0 spiro atoms. The van der Waals surface area contributed by atoms with E-state index in [1.54, 1.807) is 24.3 Å². The normalized spacial score (nSPS) is 13.4. The summed E-state index contributed by atoms with van der Waals surface area (Å²) >= 11 is 0. The zero-order chi connectivity index (χ0) is 21.4. The van der Waals surface area contributed by atoms with E-state index in [4.69, 9.17) is 4.74 Å². The molecular formula is C20H20F3NO5. The van der Waals surface area contributed by atoms with E-state index in [1.165, 1.54) is 0 Å². The quantitative estimate of drug-likeness (QED) is 0.580. The zero-order valence-electron chi connectivity index (χ0n) is 15.2. The monoisotopic (exact) mass is 411 g/mol. The predicted molar refractivity (Wildman–Crippen MR) is 97.0 cm³/mol. The molecule has 2 unspecified atom stereocenters. The number of nitrogens with one attached hydrogen (secondary N) is 1. The van der Waals surface area contributed by atoms with Gasteiger partial charge in [-0.15, -0.1) is 0 Å². The Kier molecular flexibility index (Phi) is 7.74. The molecule has 3 N–H and O–H groups in total. The molecule has 2 atom stereocenters. The van der Waals surface area contributed by atoms with E-state index >= 15 is 0 Å². The van der Waals surface area contributed by atoms with E-state index < -0.39 is 30.0 Å². The Balaban J connectivity index is 1.86. The molecule has 0 aliphatic rings. The van der Waals surface area contributed by atoms with Gasteiger partial charge in [0.25, 0.3) is 0 Å². The van der Waals surface area contributed by atoms with Crippen molar-refractivity contribution in [2.24, 2.45) is 0 Å². The lowest BCUT2D eigenvalue weighted by Gasteiger charge is -2.20. The summed E-state index contributed by atoms with van der Waals surface area (Å²) in [5, 5.41) is 22.6. The molecule has 156 valence electrons. The van der Waals surface area contributed by atoms with Gasteiger partial charge >= 0.3 is 12.3 Å². The topological polar surface area (TPSA) is 95.9 Å². The highest BCUT2D eigenvalue weighted by atomic mass is 19.4. The van der Waals surface area contributed by atoms with Crippen molar-refractivity contribution in [3.63, 3.8) is 0 Å². The summed E-state index contributed by atoms with van der Waals surface area (Å²) in [5.74, 6) is 0. The van der Waals surface area contributed by atoms with Crippen molar-refractivity contribution in [3.05, 3.63) is 70.8 Å². The molecule has 0 saturated heterocycles. The minimum Gasteiger partial charge on any atom is -0.445 e. The Morgan fingerprint density at radius 3 is 2.45 bits per heavy atom. The number of alkyl carbamates (subject to hydrolysis) is 1. The zero-order valence-corrected chi connectivity index (χ0v) is 15.2. The fraction of sp³-hybridized carbons (Fsp3) is 0.300. The standard InChI is InChI=1S/C20H20F3NO5/c21-20(22,23)15-6-7-16(14(10-15)11-25)18(27)17(26)8-9-24-19(28)29-12-13-4-2-1-3-5-13/h1-7,10-11,17-18,26-27H,8-9,12H2,(H,24,28). The van der Waals surface area contributed by atoms with Crippen molar-refractivity contribution in [1.29, 1.82) is 0 Å². The van der Waals surface area contributed by atoms with Crippen LogP contribution < -0.4 is 5.32 Å². The average Bonchev–Trinajstić information content (AvgIpc) is 2.71. The van der Waals surface area contributed by atoms with Gasteiger partial charge in [0.2, 0.25) is 0 Å². The maximum atomic E-state index is 12.7. The van der Waals surface area contributed by atoms with Gasteiger partial charge < -0.3 is 20.3 Å². The first kappa shape index (κ1) is 22.4. The van der Waals surface area contributed by atoms with Gasteiger partial charge in [0.15, 0.2) is 0 Å². The van der Waals surface area contributed by atoms with Crippen LogP contribution in [0.1, 0.15) is 39.6 Å². The van der Waals surface area contributed by atoms with E-state index in [0.29, 0.717) is 6.07 Å². The third-order valence-corrected chi connectivity index (χ3v) is 4.15. The summed E-state index contributed by atoms with van der Waals surface area (Å²) in [7, 11) is 0. The van der Waals surface area contributed by atoms with Crippen LogP contribution in [0.4, 0.5) is 18.0 Å².